The lowest BCUT2D eigenvalue weighted by Gasteiger charge is -2.27. The highest BCUT2D eigenvalue weighted by atomic mass is 32.1. The molecule has 3 nitrogen and oxygen atoms in total. The Balaban J connectivity index is 2.06. The molecule has 1 fully saturated rings. The van der Waals surface area contributed by atoms with Crippen molar-refractivity contribution in [2.75, 3.05) is 18.0 Å². The largest absolute Gasteiger partial charge is 0.344 e. The van der Waals surface area contributed by atoms with E-state index in [1.807, 2.05) is 11.6 Å². The number of thiazole rings is 1. The molecule has 1 heterocycles. The van der Waals surface area contributed by atoms with Crippen LogP contribution in [0.1, 0.15) is 25.7 Å². The number of nitrogens with zero attached hydrogens (tertiary/aromatic N) is 2. The van der Waals surface area contributed by atoms with Crippen LogP contribution in [0.3, 0.4) is 0 Å². The van der Waals surface area contributed by atoms with Crippen molar-refractivity contribution in [3.8, 4) is 0 Å². The summed E-state index contributed by atoms with van der Waals surface area (Å²) in [5.41, 5.74) is 5.64. The zero-order valence-corrected chi connectivity index (χ0v) is 9.17. The van der Waals surface area contributed by atoms with Crippen LogP contribution in [-0.2, 0) is 0 Å². The van der Waals surface area contributed by atoms with Crippen LogP contribution in [0.25, 0.3) is 0 Å². The molecule has 1 aliphatic rings. The Morgan fingerprint density at radius 2 is 2.29 bits per heavy atom. The molecule has 0 aliphatic heterocycles. The van der Waals surface area contributed by atoms with Crippen LogP contribution < -0.4 is 10.6 Å². The number of anilines is 1. The first-order chi connectivity index (χ1) is 6.92. The number of rotatable bonds is 4. The minimum Gasteiger partial charge on any atom is -0.344 e. The van der Waals surface area contributed by atoms with E-state index >= 15 is 0 Å². The molecule has 0 bridgehead atoms. The van der Waals surface area contributed by atoms with Crippen molar-refractivity contribution in [2.45, 2.75) is 31.7 Å². The van der Waals surface area contributed by atoms with Crippen molar-refractivity contribution < 1.29 is 0 Å². The highest BCUT2D eigenvalue weighted by Crippen LogP contribution is 2.28. The molecule has 0 aromatic carbocycles. The summed E-state index contributed by atoms with van der Waals surface area (Å²) in [5, 5.41) is 3.18. The molecule has 4 heteroatoms. The van der Waals surface area contributed by atoms with Gasteiger partial charge in [0.05, 0.1) is 0 Å². The minimum absolute atomic E-state index is 0.685. The fourth-order valence-electron chi connectivity index (χ4n) is 2.15. The van der Waals surface area contributed by atoms with E-state index in [-0.39, 0.29) is 0 Å². The summed E-state index contributed by atoms with van der Waals surface area (Å²) in [4.78, 5) is 6.76. The average molecular weight is 211 g/mol. The first kappa shape index (κ1) is 9.93. The minimum atomic E-state index is 0.685. The Kier molecular flexibility index (Phi) is 3.37. The Hall–Kier alpha value is -0.610. The maximum Gasteiger partial charge on any atom is 0.185 e. The van der Waals surface area contributed by atoms with Crippen molar-refractivity contribution in [1.82, 2.24) is 4.98 Å². The SMILES string of the molecule is NCCN(c1nccs1)C1CCCC1. The van der Waals surface area contributed by atoms with Gasteiger partial charge in [-0.3, -0.25) is 0 Å². The van der Waals surface area contributed by atoms with Crippen LogP contribution in [0.5, 0.6) is 0 Å². The predicted octanol–water partition coefficient (Wildman–Crippen LogP) is 1.85. The summed E-state index contributed by atoms with van der Waals surface area (Å²) in [6.07, 6.45) is 7.20. The van der Waals surface area contributed by atoms with Crippen LogP contribution in [0.15, 0.2) is 11.6 Å². The molecule has 0 radical (unpaired) electrons. The molecule has 14 heavy (non-hydrogen) atoms. The maximum absolute atomic E-state index is 5.64. The van der Waals surface area contributed by atoms with E-state index in [2.05, 4.69) is 9.88 Å². The zero-order chi connectivity index (χ0) is 9.80. The lowest BCUT2D eigenvalue weighted by molar-refractivity contribution is 0.607. The molecule has 0 amide bonds. The van der Waals surface area contributed by atoms with Crippen LogP contribution in [0, 0.1) is 0 Å². The molecule has 2 N–H and O–H groups in total. The topological polar surface area (TPSA) is 42.1 Å². The fourth-order valence-corrected chi connectivity index (χ4v) is 2.89. The third-order valence-corrected chi connectivity index (χ3v) is 3.61. The van der Waals surface area contributed by atoms with Gasteiger partial charge < -0.3 is 10.6 Å². The number of aromatic nitrogens is 1. The average Bonchev–Trinajstić information content (AvgIpc) is 2.87. The van der Waals surface area contributed by atoms with Gasteiger partial charge in [0.1, 0.15) is 0 Å². The number of hydrogen-bond donors (Lipinski definition) is 1. The zero-order valence-electron chi connectivity index (χ0n) is 8.35. The lowest BCUT2D eigenvalue weighted by Crippen LogP contribution is -2.37. The van der Waals surface area contributed by atoms with E-state index in [1.54, 1.807) is 11.3 Å². The van der Waals surface area contributed by atoms with Crippen molar-refractivity contribution in [1.29, 1.82) is 0 Å². The fraction of sp³-hybridized carbons (Fsp3) is 0.700. The van der Waals surface area contributed by atoms with Gasteiger partial charge in [0.2, 0.25) is 0 Å². The molecule has 1 aromatic rings. The Labute approximate surface area is 88.9 Å². The molecule has 0 spiro atoms. The van der Waals surface area contributed by atoms with Gasteiger partial charge in [-0.1, -0.05) is 12.8 Å². The molecule has 0 atom stereocenters. The third-order valence-electron chi connectivity index (χ3n) is 2.80. The molecule has 2 rings (SSSR count). The van der Waals surface area contributed by atoms with E-state index in [4.69, 9.17) is 5.73 Å². The monoisotopic (exact) mass is 211 g/mol. The third kappa shape index (κ3) is 2.07. The van der Waals surface area contributed by atoms with Gasteiger partial charge in [-0.25, -0.2) is 4.98 Å². The summed E-state index contributed by atoms with van der Waals surface area (Å²) < 4.78 is 0. The second-order valence-corrected chi connectivity index (χ2v) is 4.61. The Bertz CT molecular complexity index is 254. The van der Waals surface area contributed by atoms with Crippen molar-refractivity contribution >= 4 is 16.5 Å². The molecular formula is C10H17N3S. The Morgan fingerprint density at radius 1 is 1.50 bits per heavy atom. The normalized spacial score (nSPS) is 17.5. The van der Waals surface area contributed by atoms with E-state index in [0.717, 1.165) is 18.2 Å². The molecular weight excluding hydrogens is 194 g/mol. The number of hydrogen-bond acceptors (Lipinski definition) is 4. The highest BCUT2D eigenvalue weighted by molar-refractivity contribution is 7.13. The van der Waals surface area contributed by atoms with Crippen LogP contribution in [0.2, 0.25) is 0 Å². The van der Waals surface area contributed by atoms with E-state index in [1.165, 1.54) is 25.7 Å². The van der Waals surface area contributed by atoms with Gasteiger partial charge in [0, 0.05) is 30.7 Å². The maximum atomic E-state index is 5.64. The summed E-state index contributed by atoms with van der Waals surface area (Å²) in [6.45, 7) is 1.66. The first-order valence-electron chi connectivity index (χ1n) is 5.28. The standard InChI is InChI=1S/C10H17N3S/c11-5-7-13(9-3-1-2-4-9)10-12-6-8-14-10/h6,8-9H,1-5,7,11H2. The van der Waals surface area contributed by atoms with Crippen LogP contribution in [0.4, 0.5) is 5.13 Å². The van der Waals surface area contributed by atoms with Gasteiger partial charge in [-0.2, -0.15) is 0 Å². The smallest absolute Gasteiger partial charge is 0.185 e. The van der Waals surface area contributed by atoms with Crippen LogP contribution >= 0.6 is 11.3 Å². The summed E-state index contributed by atoms with van der Waals surface area (Å²) >= 11 is 1.72. The van der Waals surface area contributed by atoms with Crippen LogP contribution in [-0.4, -0.2) is 24.1 Å². The van der Waals surface area contributed by atoms with E-state index < -0.39 is 0 Å². The molecule has 1 aromatic heterocycles. The highest BCUT2D eigenvalue weighted by Gasteiger charge is 2.23. The molecule has 0 unspecified atom stereocenters. The van der Waals surface area contributed by atoms with Gasteiger partial charge in [-0.05, 0) is 12.8 Å². The lowest BCUT2D eigenvalue weighted by atomic mass is 10.2. The quantitative estimate of drug-likeness (QED) is 0.826. The van der Waals surface area contributed by atoms with E-state index in [9.17, 15) is 0 Å². The summed E-state index contributed by atoms with van der Waals surface area (Å²) in [6, 6.07) is 0.685. The van der Waals surface area contributed by atoms with Crippen molar-refractivity contribution in [2.24, 2.45) is 5.73 Å². The van der Waals surface area contributed by atoms with Gasteiger partial charge in [-0.15, -0.1) is 11.3 Å². The second-order valence-electron chi connectivity index (χ2n) is 3.74. The van der Waals surface area contributed by atoms with Crippen molar-refractivity contribution in [3.05, 3.63) is 11.6 Å². The van der Waals surface area contributed by atoms with Crippen molar-refractivity contribution in [3.63, 3.8) is 0 Å². The number of nitrogens with two attached hydrogens (primary N) is 1. The first-order valence-corrected chi connectivity index (χ1v) is 6.16. The summed E-state index contributed by atoms with van der Waals surface area (Å²) in [7, 11) is 0. The van der Waals surface area contributed by atoms with Gasteiger partial charge in [0.25, 0.3) is 0 Å². The predicted molar refractivity (Wildman–Crippen MR) is 60.8 cm³/mol. The van der Waals surface area contributed by atoms with Gasteiger partial charge >= 0.3 is 0 Å². The Morgan fingerprint density at radius 3 is 2.86 bits per heavy atom. The van der Waals surface area contributed by atoms with E-state index in [0.29, 0.717) is 6.04 Å². The summed E-state index contributed by atoms with van der Waals surface area (Å²) in [5.74, 6) is 0. The molecule has 1 aliphatic carbocycles. The second kappa shape index (κ2) is 4.75. The molecule has 1 saturated carbocycles. The molecule has 78 valence electrons. The molecule has 0 saturated heterocycles. The van der Waals surface area contributed by atoms with Gasteiger partial charge in [0.15, 0.2) is 5.13 Å².